The molecule has 3 aromatic carbocycles. The topological polar surface area (TPSA) is 57.7 Å². The Kier molecular flexibility index (Phi) is 6.05. The van der Waals surface area contributed by atoms with Crippen molar-refractivity contribution in [2.45, 2.75) is 37.0 Å². The first-order valence-electron chi connectivity index (χ1n) is 11.8. The Morgan fingerprint density at radius 1 is 0.818 bits per heavy atom. The highest BCUT2D eigenvalue weighted by molar-refractivity contribution is 5.38. The van der Waals surface area contributed by atoms with Gasteiger partial charge in [0.05, 0.1) is 5.41 Å². The molecule has 0 spiro atoms. The van der Waals surface area contributed by atoms with Crippen molar-refractivity contribution < 1.29 is 0 Å². The normalized spacial score (nSPS) is 16.5. The van der Waals surface area contributed by atoms with Gasteiger partial charge in [-0.1, -0.05) is 97.9 Å². The van der Waals surface area contributed by atoms with Gasteiger partial charge in [0.25, 0.3) is 0 Å². The van der Waals surface area contributed by atoms with Gasteiger partial charge in [-0.25, -0.2) is 5.10 Å². The Balaban J connectivity index is 1.34. The maximum absolute atomic E-state index is 4.34. The van der Waals surface area contributed by atoms with Crippen LogP contribution in [0.1, 0.15) is 48.7 Å². The van der Waals surface area contributed by atoms with E-state index < -0.39 is 0 Å². The number of aromatic nitrogens is 4. The zero-order valence-corrected chi connectivity index (χ0v) is 19.2. The van der Waals surface area contributed by atoms with E-state index in [-0.39, 0.29) is 10.8 Å². The van der Waals surface area contributed by atoms with Crippen LogP contribution in [0.3, 0.4) is 0 Å². The van der Waals surface area contributed by atoms with E-state index in [2.05, 4.69) is 123 Å². The summed E-state index contributed by atoms with van der Waals surface area (Å²) >= 11 is 0. The van der Waals surface area contributed by atoms with E-state index in [1.807, 2.05) is 0 Å². The van der Waals surface area contributed by atoms with E-state index in [1.54, 1.807) is 0 Å². The van der Waals surface area contributed by atoms with Crippen molar-refractivity contribution in [3.05, 3.63) is 114 Å². The number of tetrazole rings is 1. The van der Waals surface area contributed by atoms with Crippen LogP contribution in [-0.4, -0.2) is 45.2 Å². The monoisotopic (exact) mass is 437 g/mol. The van der Waals surface area contributed by atoms with Crippen LogP contribution in [0.4, 0.5) is 0 Å². The fourth-order valence-electron chi connectivity index (χ4n) is 5.39. The predicted molar refractivity (Wildman–Crippen MR) is 131 cm³/mol. The molecule has 1 N–H and O–H groups in total. The second-order valence-electron chi connectivity index (χ2n) is 9.35. The third kappa shape index (κ3) is 4.21. The molecule has 2 heterocycles. The summed E-state index contributed by atoms with van der Waals surface area (Å²) in [7, 11) is 0. The molecule has 0 amide bonds. The summed E-state index contributed by atoms with van der Waals surface area (Å²) in [5, 5.41) is 15.2. The zero-order valence-electron chi connectivity index (χ0n) is 19.2. The number of nitrogens with zero attached hydrogens (tertiary/aromatic N) is 4. The van der Waals surface area contributed by atoms with E-state index in [9.17, 15) is 0 Å². The number of likely N-dealkylation sites (tertiary alicyclic amines) is 1. The molecule has 33 heavy (non-hydrogen) atoms. The molecule has 0 radical (unpaired) electrons. The van der Waals surface area contributed by atoms with Crippen LogP contribution < -0.4 is 0 Å². The first-order chi connectivity index (χ1) is 16.2. The minimum absolute atomic E-state index is 0.0225. The summed E-state index contributed by atoms with van der Waals surface area (Å²) in [6.07, 6.45) is 3.08. The van der Waals surface area contributed by atoms with Gasteiger partial charge in [-0.3, -0.25) is 0 Å². The Morgan fingerprint density at radius 2 is 1.36 bits per heavy atom. The molecule has 5 heteroatoms. The van der Waals surface area contributed by atoms with E-state index in [0.29, 0.717) is 0 Å². The molecule has 0 atom stereocenters. The van der Waals surface area contributed by atoms with E-state index in [1.165, 1.54) is 16.7 Å². The quantitative estimate of drug-likeness (QED) is 0.443. The first kappa shape index (κ1) is 21.5. The number of hydrogen-bond donors (Lipinski definition) is 1. The smallest absolute Gasteiger partial charge is 0.159 e. The maximum atomic E-state index is 4.34. The summed E-state index contributed by atoms with van der Waals surface area (Å²) in [5.74, 6) is 0.881. The number of rotatable bonds is 7. The number of H-pyrrole nitrogens is 1. The van der Waals surface area contributed by atoms with Crippen LogP contribution in [-0.2, 0) is 10.8 Å². The van der Waals surface area contributed by atoms with E-state index >= 15 is 0 Å². The van der Waals surface area contributed by atoms with Crippen molar-refractivity contribution in [2.24, 2.45) is 0 Å². The largest absolute Gasteiger partial charge is 0.303 e. The number of aromatic amines is 1. The Labute approximate surface area is 195 Å². The molecule has 0 bridgehead atoms. The van der Waals surface area contributed by atoms with Gasteiger partial charge in [0.15, 0.2) is 5.82 Å². The Morgan fingerprint density at radius 3 is 1.88 bits per heavy atom. The van der Waals surface area contributed by atoms with Gasteiger partial charge in [-0.15, -0.1) is 5.10 Å². The lowest BCUT2D eigenvalue weighted by Gasteiger charge is -2.42. The molecule has 5 rings (SSSR count). The average Bonchev–Trinajstić information content (AvgIpc) is 3.45. The fourth-order valence-corrected chi connectivity index (χ4v) is 5.39. The lowest BCUT2D eigenvalue weighted by Crippen LogP contribution is -2.45. The predicted octanol–water partition coefficient (Wildman–Crippen LogP) is 4.98. The lowest BCUT2D eigenvalue weighted by atomic mass is 9.71. The fraction of sp³-hybridized carbons (Fsp3) is 0.321. The first-order valence-corrected chi connectivity index (χ1v) is 11.8. The third-order valence-electron chi connectivity index (χ3n) is 7.58. The van der Waals surface area contributed by atoms with Crippen LogP contribution in [0, 0.1) is 0 Å². The van der Waals surface area contributed by atoms with Gasteiger partial charge in [0.2, 0.25) is 0 Å². The van der Waals surface area contributed by atoms with Crippen LogP contribution in [0.15, 0.2) is 91.0 Å². The molecule has 0 unspecified atom stereocenters. The summed E-state index contributed by atoms with van der Waals surface area (Å²) in [5.41, 5.74) is 3.87. The van der Waals surface area contributed by atoms with Crippen LogP contribution >= 0.6 is 0 Å². The highest BCUT2D eigenvalue weighted by atomic mass is 15.5. The molecule has 1 aliphatic heterocycles. The number of hydrogen-bond acceptors (Lipinski definition) is 4. The molecule has 1 aromatic heterocycles. The summed E-state index contributed by atoms with van der Waals surface area (Å²) < 4.78 is 0. The zero-order chi connectivity index (χ0) is 22.6. The Hall–Kier alpha value is -3.31. The molecule has 0 aliphatic carbocycles. The van der Waals surface area contributed by atoms with Gasteiger partial charge in [-0.05, 0) is 66.0 Å². The Bertz CT molecular complexity index is 1080. The summed E-state index contributed by atoms with van der Waals surface area (Å²) in [4.78, 5) is 2.61. The molecule has 1 saturated heterocycles. The highest BCUT2D eigenvalue weighted by Gasteiger charge is 2.41. The minimum Gasteiger partial charge on any atom is -0.303 e. The molecule has 5 nitrogen and oxygen atoms in total. The van der Waals surface area contributed by atoms with Gasteiger partial charge in [-0.2, -0.15) is 0 Å². The van der Waals surface area contributed by atoms with Gasteiger partial charge in [0.1, 0.15) is 0 Å². The molecule has 0 saturated carbocycles. The average molecular weight is 438 g/mol. The van der Waals surface area contributed by atoms with Crippen LogP contribution in [0.2, 0.25) is 0 Å². The molecular weight excluding hydrogens is 406 g/mol. The summed E-state index contributed by atoms with van der Waals surface area (Å²) in [6, 6.07) is 32.6. The van der Waals surface area contributed by atoms with Gasteiger partial charge < -0.3 is 4.90 Å². The van der Waals surface area contributed by atoms with E-state index in [0.717, 1.165) is 44.7 Å². The second kappa shape index (κ2) is 9.28. The van der Waals surface area contributed by atoms with Crippen LogP contribution in [0.5, 0.6) is 0 Å². The number of piperidine rings is 1. The molecule has 4 aromatic rings. The standard InChI is InChI=1S/C28H31N5/c1-27(23-11-5-2-6-12-23,24-13-7-3-8-14-24)17-20-33-21-18-28(19-22-33,26-29-31-32-30-26)25-15-9-4-10-16-25/h2-16H,17-22H2,1H3,(H,29,30,31,32). The van der Waals surface area contributed by atoms with Crippen LogP contribution in [0.25, 0.3) is 0 Å². The number of nitrogens with one attached hydrogen (secondary N) is 1. The van der Waals surface area contributed by atoms with Gasteiger partial charge in [0, 0.05) is 5.41 Å². The minimum atomic E-state index is -0.149. The van der Waals surface area contributed by atoms with Crippen molar-refractivity contribution in [1.82, 2.24) is 25.5 Å². The molecular formula is C28H31N5. The second-order valence-corrected chi connectivity index (χ2v) is 9.35. The van der Waals surface area contributed by atoms with Crippen molar-refractivity contribution in [2.75, 3.05) is 19.6 Å². The SMILES string of the molecule is CC(CCN1CCC(c2ccccc2)(c2nnn[nH]2)CC1)(c1ccccc1)c1ccccc1. The third-order valence-corrected chi connectivity index (χ3v) is 7.58. The number of benzene rings is 3. The van der Waals surface area contributed by atoms with Crippen molar-refractivity contribution in [3.8, 4) is 0 Å². The molecule has 1 fully saturated rings. The highest BCUT2D eigenvalue weighted by Crippen LogP contribution is 2.41. The molecule has 168 valence electrons. The maximum Gasteiger partial charge on any atom is 0.159 e. The van der Waals surface area contributed by atoms with Crippen molar-refractivity contribution in [3.63, 3.8) is 0 Å². The van der Waals surface area contributed by atoms with Gasteiger partial charge >= 0.3 is 0 Å². The van der Waals surface area contributed by atoms with Crippen molar-refractivity contribution >= 4 is 0 Å². The lowest BCUT2D eigenvalue weighted by molar-refractivity contribution is 0.165. The van der Waals surface area contributed by atoms with Crippen molar-refractivity contribution in [1.29, 1.82) is 0 Å². The summed E-state index contributed by atoms with van der Waals surface area (Å²) in [6.45, 7) is 5.49. The molecule has 1 aliphatic rings. The van der Waals surface area contributed by atoms with E-state index in [4.69, 9.17) is 0 Å².